The molecule has 0 N–H and O–H groups in total. The molecule has 1 aliphatic rings. The molecule has 13 heavy (non-hydrogen) atoms. The molecule has 0 atom stereocenters. The number of halogens is 1. The molecule has 0 bridgehead atoms. The average Bonchev–Trinajstić information content (AvgIpc) is 2.87. The first-order valence-corrected chi connectivity index (χ1v) is 6.44. The van der Waals surface area contributed by atoms with Gasteiger partial charge < -0.3 is 9.47 Å². The van der Waals surface area contributed by atoms with Gasteiger partial charge >= 0.3 is 0 Å². The van der Waals surface area contributed by atoms with Crippen LogP contribution in [0, 0.1) is 5.92 Å². The fraction of sp³-hybridized carbons (Fsp3) is 1.00. The van der Waals surface area contributed by atoms with Crippen molar-refractivity contribution in [3.63, 3.8) is 0 Å². The van der Waals surface area contributed by atoms with Crippen LogP contribution < -0.4 is 0 Å². The van der Waals surface area contributed by atoms with E-state index < -0.39 is 0 Å². The van der Waals surface area contributed by atoms with Crippen molar-refractivity contribution in [3.05, 3.63) is 0 Å². The summed E-state index contributed by atoms with van der Waals surface area (Å²) < 4.78 is 12.1. The second-order valence-corrected chi connectivity index (χ2v) is 5.02. The Labute approximate surface area is 94.5 Å². The minimum absolute atomic E-state index is 0.00347. The van der Waals surface area contributed by atoms with Gasteiger partial charge in [-0.2, -0.15) is 0 Å². The number of alkyl halides is 1. The van der Waals surface area contributed by atoms with E-state index in [1.165, 1.54) is 12.8 Å². The fourth-order valence-corrected chi connectivity index (χ4v) is 1.17. The summed E-state index contributed by atoms with van der Waals surface area (Å²) in [4.78, 5) is 0. The van der Waals surface area contributed by atoms with Crippen LogP contribution in [0.2, 0.25) is 0 Å². The van der Waals surface area contributed by atoms with Gasteiger partial charge in [0.1, 0.15) is 0 Å². The Morgan fingerprint density at radius 2 is 2.00 bits per heavy atom. The molecule has 0 spiro atoms. The van der Waals surface area contributed by atoms with Gasteiger partial charge in [0.15, 0.2) is 0 Å². The lowest BCUT2D eigenvalue weighted by Gasteiger charge is -2.22. The third-order valence-corrected chi connectivity index (χ3v) is 3.93. The Bertz CT molecular complexity index is 144. The summed E-state index contributed by atoms with van der Waals surface area (Å²) in [7, 11) is 0. The molecule has 0 radical (unpaired) electrons. The Hall–Kier alpha value is 0.650. The molecule has 0 aromatic carbocycles. The van der Waals surface area contributed by atoms with Crippen LogP contribution in [0.25, 0.3) is 0 Å². The zero-order chi connectivity index (χ0) is 9.73. The fourth-order valence-electron chi connectivity index (χ4n) is 0.950. The Kier molecular flexibility index (Phi) is 4.97. The zero-order valence-corrected chi connectivity index (χ0v) is 10.7. The highest BCUT2D eigenvalue weighted by atomic mass is 127. The molecule has 0 amide bonds. The summed E-state index contributed by atoms with van der Waals surface area (Å²) in [6.45, 7) is 6.63. The number of rotatable bonds is 7. The topological polar surface area (TPSA) is 18.5 Å². The quantitative estimate of drug-likeness (QED) is 0.409. The highest BCUT2D eigenvalue weighted by Gasteiger charge is 2.21. The van der Waals surface area contributed by atoms with Crippen molar-refractivity contribution in [2.75, 3.05) is 24.2 Å². The summed E-state index contributed by atoms with van der Waals surface area (Å²) in [5.74, 6) is 0.859. The first-order chi connectivity index (χ1) is 6.14. The summed E-state index contributed by atoms with van der Waals surface area (Å²) in [6.07, 6.45) is 2.72. The van der Waals surface area contributed by atoms with E-state index in [0.29, 0.717) is 0 Å². The van der Waals surface area contributed by atoms with Crippen molar-refractivity contribution in [2.24, 2.45) is 5.92 Å². The molecule has 1 fully saturated rings. The molecule has 0 aromatic heterocycles. The van der Waals surface area contributed by atoms with E-state index in [4.69, 9.17) is 9.47 Å². The van der Waals surface area contributed by atoms with Gasteiger partial charge in [-0.3, -0.25) is 0 Å². The van der Waals surface area contributed by atoms with Crippen LogP contribution in [0.4, 0.5) is 0 Å². The largest absolute Gasteiger partial charge is 0.379 e. The third-order valence-electron chi connectivity index (χ3n) is 2.09. The predicted octanol–water partition coefficient (Wildman–Crippen LogP) is 2.64. The average molecular weight is 298 g/mol. The van der Waals surface area contributed by atoms with Gasteiger partial charge in [0.2, 0.25) is 0 Å². The first kappa shape index (κ1) is 11.7. The van der Waals surface area contributed by atoms with Gasteiger partial charge in [-0.05, 0) is 32.6 Å². The Morgan fingerprint density at radius 3 is 2.54 bits per heavy atom. The molecular weight excluding hydrogens is 279 g/mol. The van der Waals surface area contributed by atoms with E-state index in [9.17, 15) is 0 Å². The maximum absolute atomic E-state index is 5.65. The lowest BCUT2D eigenvalue weighted by Crippen LogP contribution is -2.28. The lowest BCUT2D eigenvalue weighted by molar-refractivity contribution is -0.0317. The van der Waals surface area contributed by atoms with Crippen molar-refractivity contribution in [1.82, 2.24) is 0 Å². The molecular formula is C10H19IO2. The highest BCUT2D eigenvalue weighted by molar-refractivity contribution is 14.1. The zero-order valence-electron chi connectivity index (χ0n) is 8.51. The van der Waals surface area contributed by atoms with E-state index in [1.54, 1.807) is 0 Å². The monoisotopic (exact) mass is 298 g/mol. The SMILES string of the molecule is CC(C)(CI)OCCOCC1CC1. The van der Waals surface area contributed by atoms with Crippen molar-refractivity contribution >= 4 is 22.6 Å². The van der Waals surface area contributed by atoms with Crippen LogP contribution in [0.5, 0.6) is 0 Å². The predicted molar refractivity (Wildman–Crippen MR) is 62.5 cm³/mol. The minimum atomic E-state index is 0.00347. The van der Waals surface area contributed by atoms with Gasteiger partial charge in [-0.1, -0.05) is 22.6 Å². The van der Waals surface area contributed by atoms with E-state index in [1.807, 2.05) is 0 Å². The number of hydrogen-bond acceptors (Lipinski definition) is 2. The lowest BCUT2D eigenvalue weighted by atomic mass is 10.2. The third kappa shape index (κ3) is 5.86. The smallest absolute Gasteiger partial charge is 0.0716 e. The summed E-state index contributed by atoms with van der Waals surface area (Å²) >= 11 is 2.35. The van der Waals surface area contributed by atoms with Gasteiger partial charge in [-0.25, -0.2) is 0 Å². The molecule has 0 aliphatic heterocycles. The van der Waals surface area contributed by atoms with Crippen molar-refractivity contribution < 1.29 is 9.47 Å². The second-order valence-electron chi connectivity index (χ2n) is 4.26. The van der Waals surface area contributed by atoms with Gasteiger partial charge in [0.25, 0.3) is 0 Å². The molecule has 1 saturated carbocycles. The van der Waals surface area contributed by atoms with Crippen molar-refractivity contribution in [3.8, 4) is 0 Å². The molecule has 0 aromatic rings. The van der Waals surface area contributed by atoms with E-state index in [0.717, 1.165) is 30.2 Å². The van der Waals surface area contributed by atoms with Gasteiger partial charge in [0.05, 0.1) is 18.8 Å². The molecule has 2 nitrogen and oxygen atoms in total. The maximum atomic E-state index is 5.65. The summed E-state index contributed by atoms with van der Waals surface area (Å²) in [5.41, 5.74) is 0.00347. The van der Waals surface area contributed by atoms with E-state index >= 15 is 0 Å². The van der Waals surface area contributed by atoms with Crippen LogP contribution in [0.1, 0.15) is 26.7 Å². The van der Waals surface area contributed by atoms with Gasteiger partial charge in [-0.15, -0.1) is 0 Å². The molecule has 78 valence electrons. The summed E-state index contributed by atoms with van der Waals surface area (Å²) in [6, 6.07) is 0. The molecule has 0 unspecified atom stereocenters. The van der Waals surface area contributed by atoms with Crippen LogP contribution in [0.15, 0.2) is 0 Å². The van der Waals surface area contributed by atoms with Crippen LogP contribution in [0.3, 0.4) is 0 Å². The number of ether oxygens (including phenoxy) is 2. The highest BCUT2D eigenvalue weighted by Crippen LogP contribution is 2.28. The molecule has 0 saturated heterocycles. The molecule has 3 heteroatoms. The van der Waals surface area contributed by atoms with Gasteiger partial charge in [0, 0.05) is 11.0 Å². The summed E-state index contributed by atoms with van der Waals surface area (Å²) in [5, 5.41) is 0. The van der Waals surface area contributed by atoms with Crippen LogP contribution in [-0.4, -0.2) is 29.8 Å². The van der Waals surface area contributed by atoms with Crippen LogP contribution in [-0.2, 0) is 9.47 Å². The van der Waals surface area contributed by atoms with Crippen molar-refractivity contribution in [2.45, 2.75) is 32.3 Å². The van der Waals surface area contributed by atoms with E-state index in [-0.39, 0.29) is 5.60 Å². The van der Waals surface area contributed by atoms with Crippen molar-refractivity contribution in [1.29, 1.82) is 0 Å². The van der Waals surface area contributed by atoms with E-state index in [2.05, 4.69) is 36.4 Å². The second kappa shape index (κ2) is 5.51. The maximum Gasteiger partial charge on any atom is 0.0716 e. The minimum Gasteiger partial charge on any atom is -0.379 e. The Balaban J connectivity index is 1.87. The molecule has 1 aliphatic carbocycles. The standard InChI is InChI=1S/C10H19IO2/c1-10(2,8-11)13-6-5-12-7-9-3-4-9/h9H,3-8H2,1-2H3. The number of hydrogen-bond donors (Lipinski definition) is 0. The van der Waals surface area contributed by atoms with Crippen LogP contribution >= 0.6 is 22.6 Å². The molecule has 1 rings (SSSR count). The first-order valence-electron chi connectivity index (χ1n) is 4.92. The normalized spacial score (nSPS) is 17.8. The molecule has 0 heterocycles. The Morgan fingerprint density at radius 1 is 1.31 bits per heavy atom.